The Morgan fingerprint density at radius 3 is 2.88 bits per heavy atom. The first-order valence-electron chi connectivity index (χ1n) is 6.99. The smallest absolute Gasteiger partial charge is 0.497 e. The third kappa shape index (κ3) is 5.53. The molecule has 2 aromatic rings. The molecule has 0 atom stereocenters. The molecule has 0 saturated carbocycles. The van der Waals surface area contributed by atoms with Crippen LogP contribution in [0.4, 0.5) is 5.95 Å². The molecule has 0 aliphatic heterocycles. The molecule has 0 aliphatic rings. The van der Waals surface area contributed by atoms with E-state index in [0.717, 1.165) is 4.80 Å². The minimum atomic E-state index is -0.756. The van der Waals surface area contributed by atoms with Crippen LogP contribution >= 0.6 is 0 Å². The van der Waals surface area contributed by atoms with Gasteiger partial charge < -0.3 is 19.6 Å². The lowest BCUT2D eigenvalue weighted by atomic mass is 10.3. The van der Waals surface area contributed by atoms with Crippen LogP contribution in [0.5, 0.6) is 11.5 Å². The molecule has 0 aliphatic carbocycles. The Balaban J connectivity index is 1.80. The molecule has 0 unspecified atom stereocenters. The molecule has 1 aromatic carbocycles. The van der Waals surface area contributed by atoms with E-state index < -0.39 is 16.8 Å². The van der Waals surface area contributed by atoms with Gasteiger partial charge in [-0.3, -0.25) is 4.79 Å². The summed E-state index contributed by atoms with van der Waals surface area (Å²) in [5.41, 5.74) is 2.72. The molecule has 132 valence electrons. The molecule has 2 rings (SSSR count). The Bertz CT molecular complexity index is 789. The van der Waals surface area contributed by atoms with E-state index in [0.29, 0.717) is 17.2 Å². The molecule has 0 spiro atoms. The highest BCUT2D eigenvalue weighted by molar-refractivity contribution is 5.84. The number of benzene rings is 1. The van der Waals surface area contributed by atoms with E-state index in [9.17, 15) is 14.9 Å². The van der Waals surface area contributed by atoms with E-state index >= 15 is 0 Å². The van der Waals surface area contributed by atoms with Crippen molar-refractivity contribution in [1.82, 2.24) is 25.6 Å². The highest BCUT2D eigenvalue weighted by Gasteiger charge is 2.15. The van der Waals surface area contributed by atoms with Crippen molar-refractivity contribution in [3.63, 3.8) is 0 Å². The van der Waals surface area contributed by atoms with Gasteiger partial charge >= 0.3 is 5.95 Å². The number of tetrazole rings is 1. The number of hydrogen-bond acceptors (Lipinski definition) is 9. The van der Waals surface area contributed by atoms with Crippen molar-refractivity contribution < 1.29 is 19.2 Å². The summed E-state index contributed by atoms with van der Waals surface area (Å²) in [4.78, 5) is 22.4. The van der Waals surface area contributed by atoms with Crippen molar-refractivity contribution in [2.75, 3.05) is 13.7 Å². The summed E-state index contributed by atoms with van der Waals surface area (Å²) < 4.78 is 10.4. The number of hydrogen-bond donors (Lipinski definition) is 1. The number of ether oxygens (including phenoxy) is 2. The number of carbonyl (C=O) groups excluding carboxylic acids is 1. The summed E-state index contributed by atoms with van der Waals surface area (Å²) in [5, 5.41) is 24.6. The zero-order chi connectivity index (χ0) is 18.2. The average molecular weight is 349 g/mol. The van der Waals surface area contributed by atoms with Crippen molar-refractivity contribution >= 4 is 17.6 Å². The summed E-state index contributed by atoms with van der Waals surface area (Å²) >= 11 is 0. The van der Waals surface area contributed by atoms with Crippen LogP contribution in [0, 0.1) is 10.1 Å². The standard InChI is InChI=1S/C13H15N7O5/c1-9(7-19-17-13(16-18-19)20(22)23)14-15-12(21)8-25-11-5-3-4-10(6-11)24-2/h3-6H,7-8H2,1-2H3,(H,15,21)/b14-9+. The molecule has 1 amide bonds. The molecule has 1 aromatic heterocycles. The van der Waals surface area contributed by atoms with Crippen molar-refractivity contribution in [3.05, 3.63) is 34.4 Å². The Kier molecular flexibility index (Phi) is 5.92. The normalized spacial score (nSPS) is 11.0. The molecule has 0 saturated heterocycles. The molecule has 12 nitrogen and oxygen atoms in total. The van der Waals surface area contributed by atoms with Crippen LogP contribution in [-0.2, 0) is 11.3 Å². The summed E-state index contributed by atoms with van der Waals surface area (Å²) in [6, 6.07) is 6.82. The van der Waals surface area contributed by atoms with Gasteiger partial charge in [-0.25, -0.2) is 5.43 Å². The van der Waals surface area contributed by atoms with Crippen molar-refractivity contribution in [3.8, 4) is 11.5 Å². The first-order chi connectivity index (χ1) is 12.0. The van der Waals surface area contributed by atoms with Gasteiger partial charge in [-0.15, -0.1) is 0 Å². The second kappa shape index (κ2) is 8.33. The predicted octanol–water partition coefficient (Wildman–Crippen LogP) is 0.161. The number of amides is 1. The van der Waals surface area contributed by atoms with Crippen LogP contribution in [0.3, 0.4) is 0 Å². The van der Waals surface area contributed by atoms with Gasteiger partial charge in [0.05, 0.1) is 23.0 Å². The van der Waals surface area contributed by atoms with E-state index in [4.69, 9.17) is 9.47 Å². The van der Waals surface area contributed by atoms with Crippen molar-refractivity contribution in [1.29, 1.82) is 0 Å². The summed E-state index contributed by atoms with van der Waals surface area (Å²) in [7, 11) is 1.53. The minimum absolute atomic E-state index is 0.0395. The number of methoxy groups -OCH3 is 1. The van der Waals surface area contributed by atoms with Crippen LogP contribution in [0.15, 0.2) is 29.4 Å². The maximum Gasteiger partial charge on any atom is 0.514 e. The topological polar surface area (TPSA) is 147 Å². The summed E-state index contributed by atoms with van der Waals surface area (Å²) in [6.45, 7) is 1.40. The first-order valence-corrected chi connectivity index (χ1v) is 6.99. The highest BCUT2D eigenvalue weighted by atomic mass is 16.6. The van der Waals surface area contributed by atoms with E-state index in [1.54, 1.807) is 31.2 Å². The third-order valence-electron chi connectivity index (χ3n) is 2.76. The largest absolute Gasteiger partial charge is 0.514 e. The lowest BCUT2D eigenvalue weighted by Crippen LogP contribution is -2.26. The van der Waals surface area contributed by atoms with Crippen LogP contribution < -0.4 is 14.9 Å². The SMILES string of the molecule is COc1cccc(OCC(=O)N/N=C(\C)Cn2nnc([N+](=O)[O-])n2)c1. The van der Waals surface area contributed by atoms with Gasteiger partial charge in [0.25, 0.3) is 5.91 Å². The van der Waals surface area contributed by atoms with Gasteiger partial charge in [-0.1, -0.05) is 10.9 Å². The summed E-state index contributed by atoms with van der Waals surface area (Å²) in [5.74, 6) is 0.0127. The van der Waals surface area contributed by atoms with E-state index in [-0.39, 0.29) is 13.2 Å². The molecular formula is C13H15N7O5. The molecule has 25 heavy (non-hydrogen) atoms. The van der Waals surface area contributed by atoms with Crippen LogP contribution in [-0.4, -0.2) is 50.5 Å². The molecule has 0 radical (unpaired) electrons. The fraction of sp³-hybridized carbons (Fsp3) is 0.308. The molecule has 0 bridgehead atoms. The number of nitrogens with one attached hydrogen (secondary N) is 1. The fourth-order valence-corrected chi connectivity index (χ4v) is 1.64. The van der Waals surface area contributed by atoms with Crippen LogP contribution in [0.2, 0.25) is 0 Å². The Hall–Kier alpha value is -3.57. The lowest BCUT2D eigenvalue weighted by Gasteiger charge is -2.06. The van der Waals surface area contributed by atoms with Crippen molar-refractivity contribution in [2.24, 2.45) is 5.10 Å². The van der Waals surface area contributed by atoms with Gasteiger partial charge in [-0.05, 0) is 24.0 Å². The van der Waals surface area contributed by atoms with Gasteiger partial charge in [0.15, 0.2) is 6.61 Å². The number of nitrogens with zero attached hydrogens (tertiary/aromatic N) is 6. The second-order valence-corrected chi connectivity index (χ2v) is 4.73. The molecular weight excluding hydrogens is 334 g/mol. The van der Waals surface area contributed by atoms with Crippen molar-refractivity contribution in [2.45, 2.75) is 13.5 Å². The molecule has 1 heterocycles. The minimum Gasteiger partial charge on any atom is -0.497 e. The fourth-order valence-electron chi connectivity index (χ4n) is 1.64. The maximum atomic E-state index is 11.7. The van der Waals surface area contributed by atoms with E-state index in [2.05, 4.69) is 25.9 Å². The third-order valence-corrected chi connectivity index (χ3v) is 2.76. The number of rotatable bonds is 8. The molecule has 0 fully saturated rings. The van der Waals surface area contributed by atoms with Gasteiger partial charge in [0.1, 0.15) is 18.0 Å². The predicted molar refractivity (Wildman–Crippen MR) is 84.2 cm³/mol. The number of carbonyl (C=O) groups is 1. The number of hydrazone groups is 1. The second-order valence-electron chi connectivity index (χ2n) is 4.73. The van der Waals surface area contributed by atoms with Gasteiger partial charge in [-0.2, -0.15) is 5.10 Å². The lowest BCUT2D eigenvalue weighted by molar-refractivity contribution is -0.394. The quantitative estimate of drug-likeness (QED) is 0.403. The van der Waals surface area contributed by atoms with Gasteiger partial charge in [0, 0.05) is 11.3 Å². The Morgan fingerprint density at radius 2 is 2.20 bits per heavy atom. The summed E-state index contributed by atoms with van der Waals surface area (Å²) in [6.07, 6.45) is 0. The van der Waals surface area contributed by atoms with Crippen LogP contribution in [0.1, 0.15) is 6.92 Å². The average Bonchev–Trinajstić information content (AvgIpc) is 3.07. The Morgan fingerprint density at radius 1 is 1.44 bits per heavy atom. The maximum absolute atomic E-state index is 11.7. The molecule has 1 N–H and O–H groups in total. The zero-order valence-corrected chi connectivity index (χ0v) is 13.4. The van der Waals surface area contributed by atoms with Gasteiger partial charge in [0.2, 0.25) is 0 Å². The highest BCUT2D eigenvalue weighted by Crippen LogP contribution is 2.18. The molecule has 12 heteroatoms. The number of nitro groups is 1. The number of aromatic nitrogens is 4. The van der Waals surface area contributed by atoms with E-state index in [1.807, 2.05) is 0 Å². The van der Waals surface area contributed by atoms with E-state index in [1.165, 1.54) is 7.11 Å². The van der Waals surface area contributed by atoms with Crippen LogP contribution in [0.25, 0.3) is 0 Å². The zero-order valence-electron chi connectivity index (χ0n) is 13.4. The first kappa shape index (κ1) is 17.8. The monoisotopic (exact) mass is 349 g/mol. The Labute approximate surface area is 141 Å².